The molecule has 104 valence electrons. The highest BCUT2D eigenvalue weighted by Crippen LogP contribution is 2.23. The fraction of sp³-hybridized carbons (Fsp3) is 0.0714. The molecule has 0 saturated carbocycles. The largest absolute Gasteiger partial charge is 0.478 e. The molecule has 0 amide bonds. The Hall–Kier alpha value is -1.95. The van der Waals surface area contributed by atoms with E-state index >= 15 is 0 Å². The lowest BCUT2D eigenvalue weighted by atomic mass is 10.1. The second kappa shape index (κ2) is 6.00. The third kappa shape index (κ3) is 3.14. The topological polar surface area (TPSA) is 49.3 Å². The second-order valence-corrected chi connectivity index (χ2v) is 4.92. The zero-order valence-electron chi connectivity index (χ0n) is 10.2. The molecule has 2 rings (SSSR count). The summed E-state index contributed by atoms with van der Waals surface area (Å²) in [7, 11) is 0. The lowest BCUT2D eigenvalue weighted by Crippen LogP contribution is -2.07. The maximum atomic E-state index is 13.7. The van der Waals surface area contributed by atoms with Crippen molar-refractivity contribution in [2.75, 3.05) is 5.32 Å². The van der Waals surface area contributed by atoms with Crippen molar-refractivity contribution in [3.8, 4) is 0 Å². The molecule has 3 nitrogen and oxygen atoms in total. The maximum Gasteiger partial charge on any atom is 0.335 e. The number of carbonyl (C=O) groups is 1. The first-order valence-electron chi connectivity index (χ1n) is 5.68. The van der Waals surface area contributed by atoms with E-state index in [1.54, 1.807) is 6.07 Å². The summed E-state index contributed by atoms with van der Waals surface area (Å²) in [5.41, 5.74) is 0.0609. The van der Waals surface area contributed by atoms with Gasteiger partial charge in [-0.3, -0.25) is 0 Å². The monoisotopic (exact) mass is 341 g/mol. The van der Waals surface area contributed by atoms with Gasteiger partial charge in [0, 0.05) is 11.0 Å². The molecule has 0 atom stereocenters. The highest BCUT2D eigenvalue weighted by Gasteiger charge is 2.14. The lowest BCUT2D eigenvalue weighted by molar-refractivity contribution is 0.0696. The number of carboxylic acid groups (broad SMARTS) is 1. The summed E-state index contributed by atoms with van der Waals surface area (Å²) in [5, 5.41) is 11.3. The zero-order chi connectivity index (χ0) is 14.7. The molecule has 0 unspecified atom stereocenters. The van der Waals surface area contributed by atoms with Crippen LogP contribution in [-0.4, -0.2) is 11.1 Å². The second-order valence-electron chi connectivity index (χ2n) is 4.07. The van der Waals surface area contributed by atoms with Gasteiger partial charge in [-0.15, -0.1) is 0 Å². The number of hydrogen-bond acceptors (Lipinski definition) is 2. The fourth-order valence-corrected chi connectivity index (χ4v) is 2.12. The van der Waals surface area contributed by atoms with Crippen molar-refractivity contribution < 1.29 is 18.7 Å². The number of aromatic carboxylic acids is 1. The minimum Gasteiger partial charge on any atom is -0.478 e. The van der Waals surface area contributed by atoms with Crippen LogP contribution in [0.15, 0.2) is 40.9 Å². The summed E-state index contributed by atoms with van der Waals surface area (Å²) in [6.07, 6.45) is 0. The Balaban J connectivity index is 2.22. The molecular weight excluding hydrogens is 332 g/mol. The number of carboxylic acids is 1. The van der Waals surface area contributed by atoms with Crippen LogP contribution in [0.5, 0.6) is 0 Å². The van der Waals surface area contributed by atoms with Gasteiger partial charge in [0.25, 0.3) is 0 Å². The van der Waals surface area contributed by atoms with Gasteiger partial charge in [0.15, 0.2) is 0 Å². The van der Waals surface area contributed by atoms with Crippen LogP contribution in [0.4, 0.5) is 14.5 Å². The van der Waals surface area contributed by atoms with Crippen LogP contribution in [-0.2, 0) is 6.54 Å². The number of halogens is 3. The van der Waals surface area contributed by atoms with Crippen molar-refractivity contribution in [2.24, 2.45) is 0 Å². The van der Waals surface area contributed by atoms with Crippen molar-refractivity contribution in [2.45, 2.75) is 6.54 Å². The van der Waals surface area contributed by atoms with E-state index in [4.69, 9.17) is 5.11 Å². The quantitative estimate of drug-likeness (QED) is 0.882. The first-order chi connectivity index (χ1) is 9.49. The highest BCUT2D eigenvalue weighted by atomic mass is 79.9. The molecule has 0 aliphatic heterocycles. The molecule has 0 radical (unpaired) electrons. The summed E-state index contributed by atoms with van der Waals surface area (Å²) in [6.45, 7) is 0.210. The van der Waals surface area contributed by atoms with Crippen molar-refractivity contribution in [3.05, 3.63) is 63.6 Å². The predicted octanol–water partition coefficient (Wildman–Crippen LogP) is 4.04. The van der Waals surface area contributed by atoms with Crippen molar-refractivity contribution in [1.82, 2.24) is 0 Å². The smallest absolute Gasteiger partial charge is 0.335 e. The van der Waals surface area contributed by atoms with Crippen molar-refractivity contribution in [1.29, 1.82) is 0 Å². The third-order valence-corrected chi connectivity index (χ3v) is 3.48. The molecule has 2 aromatic rings. The molecule has 0 heterocycles. The summed E-state index contributed by atoms with van der Waals surface area (Å²) in [5.74, 6) is -3.25. The average Bonchev–Trinajstić information content (AvgIpc) is 2.39. The maximum absolute atomic E-state index is 13.7. The summed E-state index contributed by atoms with van der Waals surface area (Å²) in [6, 6.07) is 8.83. The van der Waals surface area contributed by atoms with Crippen molar-refractivity contribution >= 4 is 27.6 Å². The molecule has 0 fully saturated rings. The van der Waals surface area contributed by atoms with E-state index in [0.29, 0.717) is 0 Å². The van der Waals surface area contributed by atoms with Crippen LogP contribution in [0.25, 0.3) is 0 Å². The number of benzene rings is 2. The first-order valence-corrected chi connectivity index (χ1v) is 6.48. The predicted molar refractivity (Wildman–Crippen MR) is 74.8 cm³/mol. The summed E-state index contributed by atoms with van der Waals surface area (Å²) >= 11 is 3.33. The molecule has 0 bridgehead atoms. The van der Waals surface area contributed by atoms with E-state index in [9.17, 15) is 13.6 Å². The Morgan fingerprint density at radius 3 is 2.35 bits per heavy atom. The van der Waals surface area contributed by atoms with Crippen LogP contribution in [0.2, 0.25) is 0 Å². The SMILES string of the molecule is O=C(O)c1cc(F)c(NCc2ccccc2Br)c(F)c1. The molecule has 2 N–H and O–H groups in total. The van der Waals surface area contributed by atoms with Gasteiger partial charge in [-0.1, -0.05) is 34.1 Å². The van der Waals surface area contributed by atoms with Gasteiger partial charge in [0.2, 0.25) is 0 Å². The lowest BCUT2D eigenvalue weighted by Gasteiger charge is -2.10. The molecule has 6 heteroatoms. The Morgan fingerprint density at radius 2 is 1.80 bits per heavy atom. The van der Waals surface area contributed by atoms with E-state index in [1.807, 2.05) is 18.2 Å². The molecule has 0 aromatic heterocycles. The number of rotatable bonds is 4. The van der Waals surface area contributed by atoms with Crippen LogP contribution in [0, 0.1) is 11.6 Å². The van der Waals surface area contributed by atoms with Crippen LogP contribution in [0.3, 0.4) is 0 Å². The standard InChI is InChI=1S/C14H10BrF2NO2/c15-10-4-2-1-3-8(10)7-18-13-11(16)5-9(14(19)20)6-12(13)17/h1-6,18H,7H2,(H,19,20). The van der Waals surface area contributed by atoms with E-state index < -0.39 is 23.2 Å². The Kier molecular flexibility index (Phi) is 4.34. The fourth-order valence-electron chi connectivity index (χ4n) is 1.69. The number of hydrogen-bond donors (Lipinski definition) is 2. The average molecular weight is 342 g/mol. The number of anilines is 1. The van der Waals surface area contributed by atoms with Gasteiger partial charge >= 0.3 is 5.97 Å². The molecule has 0 aliphatic rings. The molecule has 20 heavy (non-hydrogen) atoms. The normalized spacial score (nSPS) is 10.3. The highest BCUT2D eigenvalue weighted by molar-refractivity contribution is 9.10. The van der Waals surface area contributed by atoms with Gasteiger partial charge in [0.05, 0.1) is 5.56 Å². The van der Waals surface area contributed by atoms with Gasteiger partial charge in [-0.05, 0) is 23.8 Å². The van der Waals surface area contributed by atoms with Gasteiger partial charge in [-0.25, -0.2) is 13.6 Å². The third-order valence-electron chi connectivity index (χ3n) is 2.70. The molecule has 0 aliphatic carbocycles. The summed E-state index contributed by atoms with van der Waals surface area (Å²) < 4.78 is 28.2. The zero-order valence-corrected chi connectivity index (χ0v) is 11.7. The minimum atomic E-state index is -1.37. The molecule has 0 spiro atoms. The summed E-state index contributed by atoms with van der Waals surface area (Å²) in [4.78, 5) is 10.7. The van der Waals surface area contributed by atoms with Gasteiger partial charge < -0.3 is 10.4 Å². The molecule has 2 aromatic carbocycles. The van der Waals surface area contributed by atoms with E-state index in [2.05, 4.69) is 21.2 Å². The number of nitrogens with one attached hydrogen (secondary N) is 1. The van der Waals surface area contributed by atoms with Gasteiger partial charge in [-0.2, -0.15) is 0 Å². The Morgan fingerprint density at radius 1 is 1.20 bits per heavy atom. The first kappa shape index (κ1) is 14.5. The van der Waals surface area contributed by atoms with Crippen LogP contribution >= 0.6 is 15.9 Å². The molecule has 0 saturated heterocycles. The van der Waals surface area contributed by atoms with E-state index in [-0.39, 0.29) is 12.2 Å². The van der Waals surface area contributed by atoms with Crippen LogP contribution < -0.4 is 5.32 Å². The van der Waals surface area contributed by atoms with Gasteiger partial charge in [0.1, 0.15) is 17.3 Å². The molecular formula is C14H10BrF2NO2. The van der Waals surface area contributed by atoms with Crippen LogP contribution in [0.1, 0.15) is 15.9 Å². The minimum absolute atomic E-state index is 0.210. The van der Waals surface area contributed by atoms with E-state index in [1.165, 1.54) is 0 Å². The Labute approximate surface area is 122 Å². The van der Waals surface area contributed by atoms with Crippen molar-refractivity contribution in [3.63, 3.8) is 0 Å². The van der Waals surface area contributed by atoms with E-state index in [0.717, 1.165) is 22.2 Å². The Bertz CT molecular complexity index is 638.